The van der Waals surface area contributed by atoms with Crippen LogP contribution in [0.1, 0.15) is 19.8 Å². The van der Waals surface area contributed by atoms with Crippen molar-refractivity contribution < 1.29 is 9.53 Å². The Bertz CT molecular complexity index is 482. The van der Waals surface area contributed by atoms with E-state index in [0.717, 1.165) is 19.4 Å². The first-order valence-corrected chi connectivity index (χ1v) is 7.41. The molecule has 110 valence electrons. The van der Waals surface area contributed by atoms with E-state index >= 15 is 0 Å². The predicted molar refractivity (Wildman–Crippen MR) is 81.6 cm³/mol. The first-order chi connectivity index (χ1) is 9.54. The number of halogens is 2. The third kappa shape index (κ3) is 4.54. The van der Waals surface area contributed by atoms with Gasteiger partial charge in [0.2, 0.25) is 0 Å². The summed E-state index contributed by atoms with van der Waals surface area (Å²) >= 11 is 11.7. The number of ether oxygens (including phenoxy) is 1. The van der Waals surface area contributed by atoms with Gasteiger partial charge in [-0.3, -0.25) is 0 Å². The van der Waals surface area contributed by atoms with E-state index in [0.29, 0.717) is 28.2 Å². The molecule has 1 fully saturated rings. The zero-order valence-corrected chi connectivity index (χ0v) is 12.8. The minimum atomic E-state index is -0.234. The van der Waals surface area contributed by atoms with Crippen LogP contribution < -0.4 is 10.6 Å². The van der Waals surface area contributed by atoms with Crippen molar-refractivity contribution >= 4 is 34.9 Å². The molecule has 0 aromatic heterocycles. The highest BCUT2D eigenvalue weighted by Gasteiger charge is 2.19. The highest BCUT2D eigenvalue weighted by Crippen LogP contribution is 2.25. The molecule has 2 N–H and O–H groups in total. The number of urea groups is 1. The maximum absolute atomic E-state index is 11.8. The van der Waals surface area contributed by atoms with Crippen molar-refractivity contribution in [1.82, 2.24) is 5.32 Å². The Labute approximate surface area is 128 Å². The standard InChI is InChI=1S/C14H18Cl2N2O2/c1-9-6-10(4-5-20-9)8-17-14(19)18-11-2-3-12(15)13(16)7-11/h2-3,7,9-10H,4-6,8H2,1H3,(H2,17,18,19)/t9-,10-/m0/s1. The fourth-order valence-corrected chi connectivity index (χ4v) is 2.56. The summed E-state index contributed by atoms with van der Waals surface area (Å²) in [6.07, 6.45) is 2.23. The maximum Gasteiger partial charge on any atom is 0.319 e. The van der Waals surface area contributed by atoms with Gasteiger partial charge in [0.15, 0.2) is 0 Å². The van der Waals surface area contributed by atoms with Crippen molar-refractivity contribution in [2.75, 3.05) is 18.5 Å². The van der Waals surface area contributed by atoms with E-state index < -0.39 is 0 Å². The average Bonchev–Trinajstić information content (AvgIpc) is 2.41. The third-order valence-corrected chi connectivity index (χ3v) is 4.06. The van der Waals surface area contributed by atoms with Crippen molar-refractivity contribution in [2.45, 2.75) is 25.9 Å². The maximum atomic E-state index is 11.8. The van der Waals surface area contributed by atoms with E-state index in [2.05, 4.69) is 17.6 Å². The van der Waals surface area contributed by atoms with E-state index in [9.17, 15) is 4.79 Å². The zero-order chi connectivity index (χ0) is 14.5. The van der Waals surface area contributed by atoms with Gasteiger partial charge in [-0.2, -0.15) is 0 Å². The van der Waals surface area contributed by atoms with Gasteiger partial charge in [0.1, 0.15) is 0 Å². The SMILES string of the molecule is C[C@H]1C[C@@H](CNC(=O)Nc2ccc(Cl)c(Cl)c2)CCO1. The summed E-state index contributed by atoms with van der Waals surface area (Å²) in [6, 6.07) is 4.76. The minimum Gasteiger partial charge on any atom is -0.378 e. The van der Waals surface area contributed by atoms with Gasteiger partial charge in [-0.25, -0.2) is 4.79 Å². The van der Waals surface area contributed by atoms with E-state index in [1.807, 2.05) is 0 Å². The summed E-state index contributed by atoms with van der Waals surface area (Å²) < 4.78 is 5.48. The first kappa shape index (κ1) is 15.4. The molecule has 1 aromatic rings. The van der Waals surface area contributed by atoms with Crippen LogP contribution >= 0.6 is 23.2 Å². The lowest BCUT2D eigenvalue weighted by Gasteiger charge is -2.27. The molecule has 2 atom stereocenters. The van der Waals surface area contributed by atoms with Crippen LogP contribution in [0.25, 0.3) is 0 Å². The number of anilines is 1. The molecule has 6 heteroatoms. The molecule has 4 nitrogen and oxygen atoms in total. The topological polar surface area (TPSA) is 50.4 Å². The quantitative estimate of drug-likeness (QED) is 0.887. The monoisotopic (exact) mass is 316 g/mol. The number of amides is 2. The van der Waals surface area contributed by atoms with Crippen molar-refractivity contribution in [3.8, 4) is 0 Å². The van der Waals surface area contributed by atoms with Gasteiger partial charge in [-0.15, -0.1) is 0 Å². The second-order valence-corrected chi connectivity index (χ2v) is 5.85. The van der Waals surface area contributed by atoms with E-state index in [1.54, 1.807) is 18.2 Å². The summed E-state index contributed by atoms with van der Waals surface area (Å²) in [5, 5.41) is 6.50. The Morgan fingerprint density at radius 3 is 2.90 bits per heavy atom. The molecule has 0 radical (unpaired) electrons. The van der Waals surface area contributed by atoms with Crippen LogP contribution in [0, 0.1) is 5.92 Å². The van der Waals surface area contributed by atoms with Crippen molar-refractivity contribution in [2.24, 2.45) is 5.92 Å². The molecule has 2 amide bonds. The lowest BCUT2D eigenvalue weighted by Crippen LogP contribution is -2.36. The van der Waals surface area contributed by atoms with Crippen molar-refractivity contribution in [3.63, 3.8) is 0 Å². The summed E-state index contributed by atoms with van der Waals surface area (Å²) in [5.41, 5.74) is 0.622. The Hall–Kier alpha value is -0.970. The van der Waals surface area contributed by atoms with Crippen LogP contribution in [0.3, 0.4) is 0 Å². The normalized spacial score (nSPS) is 22.4. The Morgan fingerprint density at radius 2 is 2.20 bits per heavy atom. The summed E-state index contributed by atoms with van der Waals surface area (Å²) in [7, 11) is 0. The number of hydrogen-bond acceptors (Lipinski definition) is 2. The molecule has 1 heterocycles. The van der Waals surface area contributed by atoms with Gasteiger partial charge < -0.3 is 15.4 Å². The highest BCUT2D eigenvalue weighted by atomic mass is 35.5. The molecule has 1 saturated heterocycles. The molecule has 1 aliphatic heterocycles. The summed E-state index contributed by atoms with van der Waals surface area (Å²) in [6.45, 7) is 3.48. The van der Waals surface area contributed by atoms with Crippen molar-refractivity contribution in [3.05, 3.63) is 28.2 Å². The van der Waals surface area contributed by atoms with Gasteiger partial charge in [0.25, 0.3) is 0 Å². The molecule has 1 aromatic carbocycles. The molecule has 20 heavy (non-hydrogen) atoms. The van der Waals surface area contributed by atoms with Crippen LogP contribution in [-0.2, 0) is 4.74 Å². The first-order valence-electron chi connectivity index (χ1n) is 6.66. The smallest absolute Gasteiger partial charge is 0.319 e. The fraction of sp³-hybridized carbons (Fsp3) is 0.500. The summed E-state index contributed by atoms with van der Waals surface area (Å²) in [5.74, 6) is 0.471. The lowest BCUT2D eigenvalue weighted by molar-refractivity contribution is 0.00354. The molecule has 1 aliphatic rings. The Kier molecular flexibility index (Phi) is 5.52. The van der Waals surface area contributed by atoms with Crippen molar-refractivity contribution in [1.29, 1.82) is 0 Å². The third-order valence-electron chi connectivity index (χ3n) is 3.32. The second kappa shape index (κ2) is 7.16. The average molecular weight is 317 g/mol. The molecule has 0 unspecified atom stereocenters. The van der Waals surface area contributed by atoms with Crippen LogP contribution in [0.15, 0.2) is 18.2 Å². The van der Waals surface area contributed by atoms with Gasteiger partial charge >= 0.3 is 6.03 Å². The molecule has 0 saturated carbocycles. The number of nitrogens with one attached hydrogen (secondary N) is 2. The van der Waals surface area contributed by atoms with Crippen LogP contribution in [0.4, 0.5) is 10.5 Å². The van der Waals surface area contributed by atoms with Gasteiger partial charge in [0, 0.05) is 18.8 Å². The number of hydrogen-bond donors (Lipinski definition) is 2. The van der Waals surface area contributed by atoms with Gasteiger partial charge in [0.05, 0.1) is 16.1 Å². The molecular weight excluding hydrogens is 299 g/mol. The van der Waals surface area contributed by atoms with Crippen LogP contribution in [0.5, 0.6) is 0 Å². The molecule has 2 rings (SSSR count). The largest absolute Gasteiger partial charge is 0.378 e. The number of benzene rings is 1. The zero-order valence-electron chi connectivity index (χ0n) is 11.3. The second-order valence-electron chi connectivity index (χ2n) is 5.04. The van der Waals surface area contributed by atoms with E-state index in [1.165, 1.54) is 0 Å². The van der Waals surface area contributed by atoms with E-state index in [4.69, 9.17) is 27.9 Å². The highest BCUT2D eigenvalue weighted by molar-refractivity contribution is 6.42. The molecule has 0 bridgehead atoms. The van der Waals surface area contributed by atoms with Crippen LogP contribution in [-0.4, -0.2) is 25.3 Å². The Balaban J connectivity index is 1.78. The van der Waals surface area contributed by atoms with Gasteiger partial charge in [-0.1, -0.05) is 23.2 Å². The van der Waals surface area contributed by atoms with Crippen LogP contribution in [0.2, 0.25) is 10.0 Å². The molecule has 0 aliphatic carbocycles. The molecular formula is C14H18Cl2N2O2. The van der Waals surface area contributed by atoms with E-state index in [-0.39, 0.29) is 12.1 Å². The number of carbonyl (C=O) groups is 1. The Morgan fingerprint density at radius 1 is 1.40 bits per heavy atom. The van der Waals surface area contributed by atoms with Gasteiger partial charge in [-0.05, 0) is 43.9 Å². The predicted octanol–water partition coefficient (Wildman–Crippen LogP) is 3.93. The fourth-order valence-electron chi connectivity index (χ4n) is 2.26. The minimum absolute atomic E-state index is 0.234. The number of carbonyl (C=O) groups excluding carboxylic acids is 1. The number of rotatable bonds is 3. The molecule has 0 spiro atoms. The summed E-state index contributed by atoms with van der Waals surface area (Å²) in [4.78, 5) is 11.8. The lowest BCUT2D eigenvalue weighted by atomic mass is 9.96.